The second kappa shape index (κ2) is 9.06. The lowest BCUT2D eigenvalue weighted by Crippen LogP contribution is -2.32. The van der Waals surface area contributed by atoms with E-state index in [0.717, 1.165) is 12.2 Å². The SMILES string of the molecule is CCc1ccc(OCCNC(=O)COc2ccc(Cl)cc2)cc1. The molecule has 2 rings (SSSR count). The quantitative estimate of drug-likeness (QED) is 0.752. The zero-order valence-electron chi connectivity index (χ0n) is 13.0. The summed E-state index contributed by atoms with van der Waals surface area (Å²) < 4.78 is 10.9. The molecular formula is C18H20ClNO3. The van der Waals surface area contributed by atoms with E-state index in [-0.39, 0.29) is 12.5 Å². The molecule has 0 aliphatic rings. The van der Waals surface area contributed by atoms with Crippen LogP contribution in [0, 0.1) is 0 Å². The van der Waals surface area contributed by atoms with Crippen LogP contribution in [-0.4, -0.2) is 25.7 Å². The number of carbonyl (C=O) groups is 1. The fraction of sp³-hybridized carbons (Fsp3) is 0.278. The fourth-order valence-corrected chi connectivity index (χ4v) is 2.04. The number of carbonyl (C=O) groups excluding carboxylic acids is 1. The Bertz CT molecular complexity index is 611. The third-order valence-electron chi connectivity index (χ3n) is 3.21. The Balaban J connectivity index is 1.61. The van der Waals surface area contributed by atoms with Crippen LogP contribution in [0.15, 0.2) is 48.5 Å². The number of aryl methyl sites for hydroxylation is 1. The summed E-state index contributed by atoms with van der Waals surface area (Å²) in [6.45, 7) is 2.92. The fourth-order valence-electron chi connectivity index (χ4n) is 1.91. The van der Waals surface area contributed by atoms with Crippen LogP contribution in [0.5, 0.6) is 11.5 Å². The van der Waals surface area contributed by atoms with Gasteiger partial charge in [0.15, 0.2) is 6.61 Å². The maximum Gasteiger partial charge on any atom is 0.258 e. The predicted molar refractivity (Wildman–Crippen MR) is 91.3 cm³/mol. The van der Waals surface area contributed by atoms with Crippen molar-refractivity contribution in [1.82, 2.24) is 5.32 Å². The van der Waals surface area contributed by atoms with E-state index < -0.39 is 0 Å². The largest absolute Gasteiger partial charge is 0.492 e. The van der Waals surface area contributed by atoms with Gasteiger partial charge in [-0.1, -0.05) is 30.7 Å². The van der Waals surface area contributed by atoms with Crippen molar-refractivity contribution >= 4 is 17.5 Å². The van der Waals surface area contributed by atoms with Crippen molar-refractivity contribution in [2.45, 2.75) is 13.3 Å². The van der Waals surface area contributed by atoms with Crippen molar-refractivity contribution in [3.05, 3.63) is 59.1 Å². The van der Waals surface area contributed by atoms with Gasteiger partial charge < -0.3 is 14.8 Å². The lowest BCUT2D eigenvalue weighted by molar-refractivity contribution is -0.123. The van der Waals surface area contributed by atoms with Gasteiger partial charge in [-0.05, 0) is 48.4 Å². The highest BCUT2D eigenvalue weighted by molar-refractivity contribution is 6.30. The van der Waals surface area contributed by atoms with Gasteiger partial charge in [-0.25, -0.2) is 0 Å². The highest BCUT2D eigenvalue weighted by Gasteiger charge is 2.02. The maximum absolute atomic E-state index is 11.7. The van der Waals surface area contributed by atoms with Gasteiger partial charge in [-0.15, -0.1) is 0 Å². The molecule has 0 atom stereocenters. The zero-order chi connectivity index (χ0) is 16.5. The van der Waals surface area contributed by atoms with E-state index in [1.807, 2.05) is 24.3 Å². The molecule has 0 bridgehead atoms. The number of nitrogens with one attached hydrogen (secondary N) is 1. The van der Waals surface area contributed by atoms with Crippen LogP contribution in [0.3, 0.4) is 0 Å². The highest BCUT2D eigenvalue weighted by atomic mass is 35.5. The molecule has 0 spiro atoms. The van der Waals surface area contributed by atoms with E-state index in [4.69, 9.17) is 21.1 Å². The van der Waals surface area contributed by atoms with Crippen molar-refractivity contribution in [1.29, 1.82) is 0 Å². The number of hydrogen-bond acceptors (Lipinski definition) is 3. The Morgan fingerprint density at radius 3 is 2.26 bits per heavy atom. The smallest absolute Gasteiger partial charge is 0.258 e. The van der Waals surface area contributed by atoms with Crippen LogP contribution in [0.4, 0.5) is 0 Å². The summed E-state index contributed by atoms with van der Waals surface area (Å²) in [5.74, 6) is 1.22. The van der Waals surface area contributed by atoms with E-state index in [9.17, 15) is 4.79 Å². The molecule has 2 aromatic carbocycles. The van der Waals surface area contributed by atoms with Crippen molar-refractivity contribution < 1.29 is 14.3 Å². The summed E-state index contributed by atoms with van der Waals surface area (Å²) in [6.07, 6.45) is 1.00. The van der Waals surface area contributed by atoms with Crippen molar-refractivity contribution in [2.24, 2.45) is 0 Å². The molecule has 0 saturated heterocycles. The molecule has 4 nitrogen and oxygen atoms in total. The molecule has 0 saturated carbocycles. The molecule has 0 fully saturated rings. The molecular weight excluding hydrogens is 314 g/mol. The lowest BCUT2D eigenvalue weighted by atomic mass is 10.2. The average molecular weight is 334 g/mol. The number of hydrogen-bond donors (Lipinski definition) is 1. The molecule has 0 radical (unpaired) electrons. The Morgan fingerprint density at radius 1 is 1.00 bits per heavy atom. The highest BCUT2D eigenvalue weighted by Crippen LogP contribution is 2.15. The molecule has 1 N–H and O–H groups in total. The predicted octanol–water partition coefficient (Wildman–Crippen LogP) is 3.48. The Morgan fingerprint density at radius 2 is 1.61 bits per heavy atom. The minimum Gasteiger partial charge on any atom is -0.492 e. The van der Waals surface area contributed by atoms with Gasteiger partial charge in [0.1, 0.15) is 18.1 Å². The van der Waals surface area contributed by atoms with Crippen molar-refractivity contribution in [3.63, 3.8) is 0 Å². The molecule has 23 heavy (non-hydrogen) atoms. The number of halogens is 1. The van der Waals surface area contributed by atoms with E-state index in [2.05, 4.69) is 12.2 Å². The molecule has 0 unspecified atom stereocenters. The second-order valence-electron chi connectivity index (χ2n) is 4.94. The van der Waals surface area contributed by atoms with Gasteiger partial charge >= 0.3 is 0 Å². The van der Waals surface area contributed by atoms with Crippen molar-refractivity contribution in [3.8, 4) is 11.5 Å². The standard InChI is InChI=1S/C18H20ClNO3/c1-2-14-3-7-16(8-4-14)22-12-11-20-18(21)13-23-17-9-5-15(19)6-10-17/h3-10H,2,11-13H2,1H3,(H,20,21). The molecule has 0 aliphatic carbocycles. The van der Waals surface area contributed by atoms with Gasteiger partial charge in [0.2, 0.25) is 0 Å². The van der Waals surface area contributed by atoms with Gasteiger partial charge in [-0.3, -0.25) is 4.79 Å². The van der Waals surface area contributed by atoms with E-state index in [0.29, 0.717) is 23.9 Å². The number of rotatable bonds is 8. The Kier molecular flexibility index (Phi) is 6.76. The first-order valence-corrected chi connectivity index (χ1v) is 7.92. The first-order chi connectivity index (χ1) is 11.2. The summed E-state index contributed by atoms with van der Waals surface area (Å²) in [7, 11) is 0. The summed E-state index contributed by atoms with van der Waals surface area (Å²) in [4.78, 5) is 11.7. The van der Waals surface area contributed by atoms with Crippen LogP contribution in [0.1, 0.15) is 12.5 Å². The Hall–Kier alpha value is -2.20. The third kappa shape index (κ3) is 6.20. The zero-order valence-corrected chi connectivity index (χ0v) is 13.8. The normalized spacial score (nSPS) is 10.2. The lowest BCUT2D eigenvalue weighted by Gasteiger charge is -2.09. The van der Waals surface area contributed by atoms with Gasteiger partial charge in [0.05, 0.1) is 6.54 Å². The summed E-state index contributed by atoms with van der Waals surface area (Å²) in [5.41, 5.74) is 1.27. The van der Waals surface area contributed by atoms with Gasteiger partial charge in [0.25, 0.3) is 5.91 Å². The molecule has 1 amide bonds. The molecule has 0 heterocycles. The average Bonchev–Trinajstić information content (AvgIpc) is 2.59. The monoisotopic (exact) mass is 333 g/mol. The Labute approximate surface area is 141 Å². The van der Waals surface area contributed by atoms with Crippen LogP contribution in [0.2, 0.25) is 5.02 Å². The van der Waals surface area contributed by atoms with E-state index in [1.165, 1.54) is 5.56 Å². The second-order valence-corrected chi connectivity index (χ2v) is 5.37. The number of amides is 1. The molecule has 0 aromatic heterocycles. The first kappa shape index (κ1) is 17.2. The first-order valence-electron chi connectivity index (χ1n) is 7.54. The van der Waals surface area contributed by atoms with E-state index in [1.54, 1.807) is 24.3 Å². The number of ether oxygens (including phenoxy) is 2. The minimum atomic E-state index is -0.190. The molecule has 122 valence electrons. The third-order valence-corrected chi connectivity index (χ3v) is 3.46. The van der Waals surface area contributed by atoms with Crippen molar-refractivity contribution in [2.75, 3.05) is 19.8 Å². The number of benzene rings is 2. The topological polar surface area (TPSA) is 47.6 Å². The minimum absolute atomic E-state index is 0.0349. The molecule has 0 aliphatic heterocycles. The summed E-state index contributed by atoms with van der Waals surface area (Å²) >= 11 is 5.78. The molecule has 2 aromatic rings. The maximum atomic E-state index is 11.7. The van der Waals surface area contributed by atoms with Crippen LogP contribution in [0.25, 0.3) is 0 Å². The van der Waals surface area contributed by atoms with Gasteiger partial charge in [0, 0.05) is 5.02 Å². The summed E-state index contributed by atoms with van der Waals surface area (Å²) in [5, 5.41) is 3.37. The molecule has 5 heteroatoms. The summed E-state index contributed by atoms with van der Waals surface area (Å²) in [6, 6.07) is 14.8. The van der Waals surface area contributed by atoms with Crippen LogP contribution >= 0.6 is 11.6 Å². The van der Waals surface area contributed by atoms with Crippen LogP contribution in [-0.2, 0) is 11.2 Å². The van der Waals surface area contributed by atoms with Crippen LogP contribution < -0.4 is 14.8 Å². The van der Waals surface area contributed by atoms with Gasteiger partial charge in [-0.2, -0.15) is 0 Å². The van der Waals surface area contributed by atoms with E-state index >= 15 is 0 Å².